The van der Waals surface area contributed by atoms with Gasteiger partial charge in [0.2, 0.25) is 0 Å². The van der Waals surface area contributed by atoms with Crippen molar-refractivity contribution < 1.29 is 33.1 Å². The van der Waals surface area contributed by atoms with E-state index in [1.54, 1.807) is 0 Å². The molecule has 2 aromatic rings. The van der Waals surface area contributed by atoms with E-state index in [9.17, 15) is 19.3 Å². The van der Waals surface area contributed by atoms with E-state index in [4.69, 9.17) is 18.9 Å². The zero-order valence-corrected chi connectivity index (χ0v) is 13.7. The van der Waals surface area contributed by atoms with E-state index in [0.717, 1.165) is 12.1 Å². The molecular weight excluding hydrogens is 349 g/mol. The Bertz CT molecular complexity index is 868. The number of halogens is 1. The second-order valence-electron chi connectivity index (χ2n) is 5.30. The first-order chi connectivity index (χ1) is 12.5. The highest BCUT2D eigenvalue weighted by atomic mass is 19.1. The van der Waals surface area contributed by atoms with Gasteiger partial charge in [0.25, 0.3) is 5.69 Å². The molecule has 0 fully saturated rings. The molecule has 0 aromatic heterocycles. The van der Waals surface area contributed by atoms with Crippen LogP contribution in [0.4, 0.5) is 10.1 Å². The average molecular weight is 363 g/mol. The first kappa shape index (κ1) is 17.5. The monoisotopic (exact) mass is 363 g/mol. The SMILES string of the molecule is COc1ccc(F)cc1COC(=O)c1cc2c(cc1[N+](=O)[O-])OCCO2. The van der Waals surface area contributed by atoms with Crippen LogP contribution in [0.1, 0.15) is 15.9 Å². The summed E-state index contributed by atoms with van der Waals surface area (Å²) in [6.45, 7) is 0.207. The quantitative estimate of drug-likeness (QED) is 0.458. The summed E-state index contributed by atoms with van der Waals surface area (Å²) < 4.78 is 34.2. The van der Waals surface area contributed by atoms with Gasteiger partial charge in [-0.25, -0.2) is 9.18 Å². The third kappa shape index (κ3) is 3.51. The minimum atomic E-state index is -0.944. The maximum atomic E-state index is 13.4. The number of ether oxygens (including phenoxy) is 4. The van der Waals surface area contributed by atoms with E-state index in [2.05, 4.69) is 0 Å². The third-order valence-electron chi connectivity index (χ3n) is 3.68. The summed E-state index contributed by atoms with van der Waals surface area (Å²) in [5, 5.41) is 11.3. The molecule has 0 N–H and O–H groups in total. The molecule has 3 rings (SSSR count). The molecule has 0 aliphatic carbocycles. The van der Waals surface area contributed by atoms with Crippen LogP contribution in [0.5, 0.6) is 17.2 Å². The van der Waals surface area contributed by atoms with Crippen LogP contribution in [-0.4, -0.2) is 31.2 Å². The topological polar surface area (TPSA) is 97.1 Å². The first-order valence-electron chi connectivity index (χ1n) is 7.57. The summed E-state index contributed by atoms with van der Waals surface area (Å²) >= 11 is 0. The number of carbonyl (C=O) groups is 1. The number of benzene rings is 2. The van der Waals surface area contributed by atoms with Gasteiger partial charge in [0.1, 0.15) is 37.0 Å². The number of hydrogen-bond acceptors (Lipinski definition) is 7. The van der Waals surface area contributed by atoms with Gasteiger partial charge in [0.05, 0.1) is 18.1 Å². The van der Waals surface area contributed by atoms with Crippen LogP contribution in [0, 0.1) is 15.9 Å². The Hall–Kier alpha value is -3.36. The Balaban J connectivity index is 1.86. The molecule has 0 atom stereocenters. The van der Waals surface area contributed by atoms with Gasteiger partial charge in [-0.1, -0.05) is 0 Å². The zero-order chi connectivity index (χ0) is 18.7. The fourth-order valence-electron chi connectivity index (χ4n) is 2.47. The molecule has 26 heavy (non-hydrogen) atoms. The highest BCUT2D eigenvalue weighted by Crippen LogP contribution is 2.37. The first-order valence-corrected chi connectivity index (χ1v) is 7.57. The molecule has 9 heteroatoms. The standard InChI is InChI=1S/C17H14FNO7/c1-23-14-3-2-11(18)6-10(14)9-26-17(20)12-7-15-16(25-5-4-24-15)8-13(12)19(21)22/h2-3,6-8H,4-5,9H2,1H3. The molecule has 0 unspecified atom stereocenters. The van der Waals surface area contributed by atoms with E-state index in [1.165, 1.54) is 25.3 Å². The highest BCUT2D eigenvalue weighted by Gasteiger charge is 2.27. The second kappa shape index (κ2) is 7.26. The lowest BCUT2D eigenvalue weighted by atomic mass is 10.1. The molecule has 1 heterocycles. The Labute approximate surface area is 147 Å². The Morgan fingerprint density at radius 3 is 2.58 bits per heavy atom. The smallest absolute Gasteiger partial charge is 0.345 e. The Morgan fingerprint density at radius 1 is 1.23 bits per heavy atom. The largest absolute Gasteiger partial charge is 0.496 e. The molecule has 0 radical (unpaired) electrons. The minimum Gasteiger partial charge on any atom is -0.496 e. The van der Waals surface area contributed by atoms with Crippen molar-refractivity contribution in [2.45, 2.75) is 6.61 Å². The van der Waals surface area contributed by atoms with Gasteiger partial charge in [-0.05, 0) is 18.2 Å². The third-order valence-corrected chi connectivity index (χ3v) is 3.68. The van der Waals surface area contributed by atoms with Gasteiger partial charge >= 0.3 is 5.97 Å². The number of fused-ring (bicyclic) bond motifs is 1. The van der Waals surface area contributed by atoms with Crippen LogP contribution in [0.3, 0.4) is 0 Å². The molecule has 0 saturated carbocycles. The van der Waals surface area contributed by atoms with E-state index in [-0.39, 0.29) is 36.9 Å². The molecule has 2 aromatic carbocycles. The van der Waals surface area contributed by atoms with Crippen LogP contribution in [0.15, 0.2) is 30.3 Å². The summed E-state index contributed by atoms with van der Waals surface area (Å²) in [5.41, 5.74) is -0.457. The van der Waals surface area contributed by atoms with E-state index >= 15 is 0 Å². The van der Waals surface area contributed by atoms with Crippen molar-refractivity contribution in [1.29, 1.82) is 0 Å². The van der Waals surface area contributed by atoms with Gasteiger partial charge < -0.3 is 18.9 Å². The van der Waals surface area contributed by atoms with Crippen LogP contribution < -0.4 is 14.2 Å². The fraction of sp³-hybridized carbons (Fsp3) is 0.235. The molecule has 8 nitrogen and oxygen atoms in total. The molecule has 136 valence electrons. The summed E-state index contributed by atoms with van der Waals surface area (Å²) in [7, 11) is 1.39. The average Bonchev–Trinajstić information content (AvgIpc) is 2.65. The van der Waals surface area contributed by atoms with Crippen molar-refractivity contribution in [1.82, 2.24) is 0 Å². The summed E-state index contributed by atoms with van der Waals surface area (Å²) in [5.74, 6) is -0.735. The van der Waals surface area contributed by atoms with Gasteiger partial charge in [-0.2, -0.15) is 0 Å². The molecule has 1 aliphatic rings. The normalized spacial score (nSPS) is 12.4. The molecule has 0 bridgehead atoms. The van der Waals surface area contributed by atoms with Crippen LogP contribution in [-0.2, 0) is 11.3 Å². The lowest BCUT2D eigenvalue weighted by Crippen LogP contribution is -2.17. The predicted molar refractivity (Wildman–Crippen MR) is 86.2 cm³/mol. The van der Waals surface area contributed by atoms with Gasteiger partial charge in [-0.3, -0.25) is 10.1 Å². The highest BCUT2D eigenvalue weighted by molar-refractivity contribution is 5.95. The van der Waals surface area contributed by atoms with Crippen molar-refractivity contribution in [3.8, 4) is 17.2 Å². The number of hydrogen-bond donors (Lipinski definition) is 0. The van der Waals surface area contributed by atoms with Gasteiger partial charge in [0.15, 0.2) is 11.5 Å². The summed E-state index contributed by atoms with van der Waals surface area (Å²) in [6, 6.07) is 6.08. The van der Waals surface area contributed by atoms with Gasteiger partial charge in [-0.15, -0.1) is 0 Å². The van der Waals surface area contributed by atoms with Crippen LogP contribution >= 0.6 is 0 Å². The molecule has 0 spiro atoms. The van der Waals surface area contributed by atoms with Crippen molar-refractivity contribution in [2.24, 2.45) is 0 Å². The molecule has 0 saturated heterocycles. The zero-order valence-electron chi connectivity index (χ0n) is 13.7. The number of esters is 1. The fourth-order valence-corrected chi connectivity index (χ4v) is 2.47. The lowest BCUT2D eigenvalue weighted by Gasteiger charge is -2.18. The Morgan fingerprint density at radius 2 is 1.92 bits per heavy atom. The lowest BCUT2D eigenvalue weighted by molar-refractivity contribution is -0.385. The number of nitrogens with zero attached hydrogens (tertiary/aromatic N) is 1. The number of nitro groups is 1. The number of carbonyl (C=O) groups excluding carboxylic acids is 1. The van der Waals surface area contributed by atoms with E-state index < -0.39 is 22.4 Å². The van der Waals surface area contributed by atoms with Gasteiger partial charge in [0, 0.05) is 11.6 Å². The van der Waals surface area contributed by atoms with E-state index in [0.29, 0.717) is 11.3 Å². The van der Waals surface area contributed by atoms with Crippen molar-refractivity contribution in [3.63, 3.8) is 0 Å². The van der Waals surface area contributed by atoms with Crippen molar-refractivity contribution >= 4 is 11.7 Å². The minimum absolute atomic E-state index is 0.186. The maximum absolute atomic E-state index is 13.4. The predicted octanol–water partition coefficient (Wildman–Crippen LogP) is 2.87. The van der Waals surface area contributed by atoms with Crippen LogP contribution in [0.25, 0.3) is 0 Å². The maximum Gasteiger partial charge on any atom is 0.345 e. The molecule has 0 amide bonds. The van der Waals surface area contributed by atoms with Crippen molar-refractivity contribution in [2.75, 3.05) is 20.3 Å². The number of methoxy groups -OCH3 is 1. The number of rotatable bonds is 5. The summed E-state index contributed by atoms with van der Waals surface area (Å²) in [4.78, 5) is 22.9. The van der Waals surface area contributed by atoms with E-state index in [1.807, 2.05) is 0 Å². The van der Waals surface area contributed by atoms with Crippen molar-refractivity contribution in [3.05, 3.63) is 57.4 Å². The summed E-state index contributed by atoms with van der Waals surface area (Å²) in [6.07, 6.45) is 0. The van der Waals surface area contributed by atoms with Crippen LogP contribution in [0.2, 0.25) is 0 Å². The second-order valence-corrected chi connectivity index (χ2v) is 5.30. The molecular formula is C17H14FNO7. The molecule has 1 aliphatic heterocycles. The Kier molecular flexibility index (Phi) is 4.87. The number of nitro benzene ring substituents is 1.